The molecule has 5 nitrogen and oxygen atoms in total. The summed E-state index contributed by atoms with van der Waals surface area (Å²) in [7, 11) is 0. The Balaban J connectivity index is 2.06. The van der Waals surface area contributed by atoms with Crippen LogP contribution in [0.25, 0.3) is 0 Å². The van der Waals surface area contributed by atoms with Crippen LogP contribution in [-0.4, -0.2) is 28.8 Å². The van der Waals surface area contributed by atoms with Crippen molar-refractivity contribution < 1.29 is 19.5 Å². The molecule has 0 aromatic heterocycles. The Morgan fingerprint density at radius 1 is 0.909 bits per heavy atom. The summed E-state index contributed by atoms with van der Waals surface area (Å²) in [5.41, 5.74) is 0.992. The lowest BCUT2D eigenvalue weighted by Gasteiger charge is -2.14. The van der Waals surface area contributed by atoms with Crippen molar-refractivity contribution in [1.82, 2.24) is 5.32 Å². The number of nitrogens with one attached hydrogen (secondary N) is 1. The van der Waals surface area contributed by atoms with Crippen molar-refractivity contribution >= 4 is 17.7 Å². The lowest BCUT2D eigenvalue weighted by molar-refractivity contribution is -0.141. The van der Waals surface area contributed by atoms with Gasteiger partial charge in [-0.3, -0.25) is 9.59 Å². The Kier molecular flexibility index (Phi) is 5.03. The topological polar surface area (TPSA) is 83.5 Å². The van der Waals surface area contributed by atoms with Crippen LogP contribution in [0, 0.1) is 0 Å². The van der Waals surface area contributed by atoms with Gasteiger partial charge < -0.3 is 10.4 Å². The average molecular weight is 297 g/mol. The minimum atomic E-state index is -1.18. The molecule has 2 N–H and O–H groups in total. The van der Waals surface area contributed by atoms with Crippen molar-refractivity contribution in [3.05, 3.63) is 71.8 Å². The van der Waals surface area contributed by atoms with Gasteiger partial charge in [0.1, 0.15) is 6.04 Å². The van der Waals surface area contributed by atoms with Crippen molar-refractivity contribution in [3.8, 4) is 0 Å². The maximum Gasteiger partial charge on any atom is 0.326 e. The molecule has 0 radical (unpaired) electrons. The van der Waals surface area contributed by atoms with Gasteiger partial charge in [-0.15, -0.1) is 0 Å². The summed E-state index contributed by atoms with van der Waals surface area (Å²) < 4.78 is 0. The van der Waals surface area contributed by atoms with E-state index in [1.807, 2.05) is 6.07 Å². The van der Waals surface area contributed by atoms with Crippen LogP contribution in [-0.2, 0) is 16.0 Å². The summed E-state index contributed by atoms with van der Waals surface area (Å²) in [5, 5.41) is 11.5. The monoisotopic (exact) mass is 297 g/mol. The number of hydrogen-bond acceptors (Lipinski definition) is 3. The summed E-state index contributed by atoms with van der Waals surface area (Å²) >= 11 is 0. The molecule has 0 aliphatic heterocycles. The van der Waals surface area contributed by atoms with Crippen LogP contribution in [0.4, 0.5) is 0 Å². The Labute approximate surface area is 127 Å². The Hall–Kier alpha value is -2.95. The molecule has 0 heterocycles. The van der Waals surface area contributed by atoms with Gasteiger partial charge in [-0.05, 0) is 5.56 Å². The molecular weight excluding hydrogens is 282 g/mol. The zero-order valence-electron chi connectivity index (χ0n) is 11.7. The third-order valence-electron chi connectivity index (χ3n) is 3.13. The largest absolute Gasteiger partial charge is 0.480 e. The smallest absolute Gasteiger partial charge is 0.326 e. The fraction of sp³-hybridized carbons (Fsp3) is 0.118. The highest BCUT2D eigenvalue weighted by Gasteiger charge is 2.24. The van der Waals surface area contributed by atoms with Crippen LogP contribution in [0.3, 0.4) is 0 Å². The second-order valence-corrected chi connectivity index (χ2v) is 4.75. The molecule has 0 aliphatic rings. The normalized spacial score (nSPS) is 11.5. The number of aliphatic carboxylic acids is 1. The highest BCUT2D eigenvalue weighted by Crippen LogP contribution is 2.05. The molecule has 5 heteroatoms. The van der Waals surface area contributed by atoms with Gasteiger partial charge in [-0.25, -0.2) is 4.79 Å². The molecule has 0 unspecified atom stereocenters. The van der Waals surface area contributed by atoms with Gasteiger partial charge in [-0.1, -0.05) is 60.7 Å². The number of carbonyl (C=O) groups excluding carboxylic acids is 2. The van der Waals surface area contributed by atoms with Crippen LogP contribution >= 0.6 is 0 Å². The number of rotatable bonds is 6. The van der Waals surface area contributed by atoms with E-state index in [0.29, 0.717) is 0 Å². The number of carboxylic acid groups (broad SMARTS) is 1. The highest BCUT2D eigenvalue weighted by atomic mass is 16.4. The van der Waals surface area contributed by atoms with Crippen molar-refractivity contribution in [2.24, 2.45) is 0 Å². The Bertz CT molecular complexity index is 668. The standard InChI is InChI=1S/C17H15NO4/c19-15(13-9-5-2-6-10-13)16(20)18-14(17(21)22)11-12-7-3-1-4-8-12/h1-10,14H,11H2,(H,18,20)(H,21,22)/t14-/m1/s1. The minimum Gasteiger partial charge on any atom is -0.480 e. The quantitative estimate of drug-likeness (QED) is 0.627. The van der Waals surface area contributed by atoms with E-state index < -0.39 is 23.7 Å². The summed E-state index contributed by atoms with van der Waals surface area (Å²) in [5.74, 6) is -2.85. The van der Waals surface area contributed by atoms with Crippen LogP contribution in [0.2, 0.25) is 0 Å². The minimum absolute atomic E-state index is 0.115. The maximum absolute atomic E-state index is 12.0. The van der Waals surface area contributed by atoms with E-state index in [9.17, 15) is 19.5 Å². The van der Waals surface area contributed by atoms with Crippen molar-refractivity contribution in [2.45, 2.75) is 12.5 Å². The van der Waals surface area contributed by atoms with Gasteiger partial charge in [0.05, 0.1) is 0 Å². The summed E-state index contributed by atoms with van der Waals surface area (Å²) in [6.07, 6.45) is 0.115. The van der Waals surface area contributed by atoms with E-state index in [1.165, 1.54) is 12.1 Å². The second-order valence-electron chi connectivity index (χ2n) is 4.75. The van der Waals surface area contributed by atoms with Gasteiger partial charge >= 0.3 is 5.97 Å². The van der Waals surface area contributed by atoms with Crippen molar-refractivity contribution in [2.75, 3.05) is 0 Å². The highest BCUT2D eigenvalue weighted by molar-refractivity contribution is 6.43. The SMILES string of the molecule is O=C(N[C@H](Cc1ccccc1)C(=O)O)C(=O)c1ccccc1. The number of benzene rings is 2. The molecule has 0 aliphatic carbocycles. The predicted molar refractivity (Wildman–Crippen MR) is 80.5 cm³/mol. The molecule has 112 valence electrons. The van der Waals surface area contributed by atoms with Crippen molar-refractivity contribution in [1.29, 1.82) is 0 Å². The van der Waals surface area contributed by atoms with E-state index >= 15 is 0 Å². The van der Waals surface area contributed by atoms with Gasteiger partial charge in [0, 0.05) is 12.0 Å². The van der Waals surface area contributed by atoms with Gasteiger partial charge in [0.15, 0.2) is 0 Å². The maximum atomic E-state index is 12.0. The lowest BCUT2D eigenvalue weighted by Crippen LogP contribution is -2.45. The second kappa shape index (κ2) is 7.17. The Morgan fingerprint density at radius 3 is 2.00 bits per heavy atom. The van der Waals surface area contributed by atoms with E-state index in [2.05, 4.69) is 5.32 Å². The van der Waals surface area contributed by atoms with Crippen LogP contribution in [0.5, 0.6) is 0 Å². The average Bonchev–Trinajstić information content (AvgIpc) is 2.55. The molecule has 2 rings (SSSR count). The van der Waals surface area contributed by atoms with Gasteiger partial charge in [0.2, 0.25) is 5.78 Å². The van der Waals surface area contributed by atoms with Crippen LogP contribution < -0.4 is 5.32 Å². The number of carbonyl (C=O) groups is 3. The molecule has 2 aromatic rings. The molecule has 0 bridgehead atoms. The molecular formula is C17H15NO4. The third-order valence-corrected chi connectivity index (χ3v) is 3.13. The van der Waals surface area contributed by atoms with E-state index in [1.54, 1.807) is 42.5 Å². The molecule has 2 aromatic carbocycles. The molecule has 0 saturated carbocycles. The predicted octanol–water partition coefficient (Wildman–Crippen LogP) is 1.68. The van der Waals surface area contributed by atoms with Gasteiger partial charge in [-0.2, -0.15) is 0 Å². The number of amides is 1. The number of Topliss-reactive ketones (excluding diaryl/α,β-unsaturated/α-hetero) is 1. The van der Waals surface area contributed by atoms with E-state index in [0.717, 1.165) is 5.56 Å². The first-order chi connectivity index (χ1) is 10.6. The molecule has 0 spiro atoms. The number of hydrogen-bond donors (Lipinski definition) is 2. The lowest BCUT2D eigenvalue weighted by atomic mass is 10.1. The molecule has 22 heavy (non-hydrogen) atoms. The number of carboxylic acids is 1. The number of ketones is 1. The molecule has 0 saturated heterocycles. The van der Waals surface area contributed by atoms with Crippen LogP contribution in [0.15, 0.2) is 60.7 Å². The molecule has 1 amide bonds. The molecule has 0 fully saturated rings. The first-order valence-electron chi connectivity index (χ1n) is 6.75. The van der Waals surface area contributed by atoms with E-state index in [-0.39, 0.29) is 12.0 Å². The van der Waals surface area contributed by atoms with E-state index in [4.69, 9.17) is 0 Å². The van der Waals surface area contributed by atoms with Crippen LogP contribution in [0.1, 0.15) is 15.9 Å². The first kappa shape index (κ1) is 15.4. The summed E-state index contributed by atoms with van der Waals surface area (Å²) in [6.45, 7) is 0. The van der Waals surface area contributed by atoms with Gasteiger partial charge in [0.25, 0.3) is 5.91 Å². The fourth-order valence-electron chi connectivity index (χ4n) is 1.99. The third kappa shape index (κ3) is 4.02. The summed E-state index contributed by atoms with van der Waals surface area (Å²) in [4.78, 5) is 35.1. The molecule has 1 atom stereocenters. The zero-order valence-corrected chi connectivity index (χ0v) is 11.7. The zero-order chi connectivity index (χ0) is 15.9. The summed E-state index contributed by atoms with van der Waals surface area (Å²) in [6, 6.07) is 15.8. The van der Waals surface area contributed by atoms with Crippen molar-refractivity contribution in [3.63, 3.8) is 0 Å². The fourth-order valence-corrected chi connectivity index (χ4v) is 1.99. The Morgan fingerprint density at radius 2 is 1.45 bits per heavy atom. The first-order valence-corrected chi connectivity index (χ1v) is 6.75.